The molecular formula is C13H20N4S2. The van der Waals surface area contributed by atoms with E-state index in [1.54, 1.807) is 0 Å². The highest BCUT2D eigenvalue weighted by atomic mass is 32.2. The molecule has 6 heteroatoms. The third kappa shape index (κ3) is 2.72. The van der Waals surface area contributed by atoms with E-state index < -0.39 is 0 Å². The highest BCUT2D eigenvalue weighted by Crippen LogP contribution is 2.30. The second-order valence-corrected chi connectivity index (χ2v) is 6.86. The Morgan fingerprint density at radius 2 is 2.16 bits per heavy atom. The first-order chi connectivity index (χ1) is 9.15. The largest absolute Gasteiger partial charge is 0.345 e. The van der Waals surface area contributed by atoms with Gasteiger partial charge in [0.1, 0.15) is 10.5 Å². The minimum Gasteiger partial charge on any atom is -0.345 e. The fraction of sp³-hybridized carbons (Fsp3) is 0.692. The van der Waals surface area contributed by atoms with Crippen LogP contribution in [-0.2, 0) is 11.5 Å². The van der Waals surface area contributed by atoms with Crippen LogP contribution in [0.2, 0.25) is 0 Å². The molecule has 1 atom stereocenters. The molecule has 1 aromatic rings. The van der Waals surface area contributed by atoms with Crippen molar-refractivity contribution < 1.29 is 0 Å². The first kappa shape index (κ1) is 13.5. The van der Waals surface area contributed by atoms with E-state index in [4.69, 9.17) is 12.2 Å². The molecule has 104 valence electrons. The van der Waals surface area contributed by atoms with Gasteiger partial charge >= 0.3 is 0 Å². The summed E-state index contributed by atoms with van der Waals surface area (Å²) in [6.45, 7) is 3.28. The topological polar surface area (TPSA) is 35.2 Å². The number of thioether (sulfide) groups is 1. The van der Waals surface area contributed by atoms with Gasteiger partial charge in [0.25, 0.3) is 0 Å². The second kappa shape index (κ2) is 5.52. The van der Waals surface area contributed by atoms with E-state index in [9.17, 15) is 0 Å². The fourth-order valence-electron chi connectivity index (χ4n) is 2.82. The monoisotopic (exact) mass is 296 g/mol. The van der Waals surface area contributed by atoms with Crippen molar-refractivity contribution in [3.63, 3.8) is 0 Å². The summed E-state index contributed by atoms with van der Waals surface area (Å²) >= 11 is 7.38. The Kier molecular flexibility index (Phi) is 3.93. The predicted octanol–water partition coefficient (Wildman–Crippen LogP) is 2.19. The van der Waals surface area contributed by atoms with Gasteiger partial charge in [0.05, 0.1) is 6.04 Å². The predicted molar refractivity (Wildman–Crippen MR) is 81.9 cm³/mol. The summed E-state index contributed by atoms with van der Waals surface area (Å²) < 4.78 is 0.800. The van der Waals surface area contributed by atoms with Crippen LogP contribution in [0.15, 0.2) is 0 Å². The summed E-state index contributed by atoms with van der Waals surface area (Å²) in [6.07, 6.45) is 1.21. The molecule has 0 bridgehead atoms. The number of aromatic amines is 1. The zero-order valence-corrected chi connectivity index (χ0v) is 13.1. The van der Waals surface area contributed by atoms with Gasteiger partial charge in [-0.3, -0.25) is 4.90 Å². The van der Waals surface area contributed by atoms with Crippen LogP contribution in [-0.4, -0.2) is 53.5 Å². The Balaban J connectivity index is 1.96. The Labute approximate surface area is 123 Å². The van der Waals surface area contributed by atoms with Crippen LogP contribution in [0.5, 0.6) is 0 Å². The van der Waals surface area contributed by atoms with Crippen molar-refractivity contribution in [1.29, 1.82) is 0 Å². The van der Waals surface area contributed by atoms with Crippen molar-refractivity contribution in [3.05, 3.63) is 21.7 Å². The molecule has 3 heterocycles. The maximum Gasteiger partial charge on any atom is 0.134 e. The van der Waals surface area contributed by atoms with Crippen LogP contribution < -0.4 is 0 Å². The Morgan fingerprint density at radius 1 is 1.32 bits per heavy atom. The molecule has 3 rings (SSSR count). The fourth-order valence-corrected chi connectivity index (χ4v) is 4.27. The van der Waals surface area contributed by atoms with Crippen LogP contribution in [0.4, 0.5) is 0 Å². The van der Waals surface area contributed by atoms with Gasteiger partial charge in [0.2, 0.25) is 0 Å². The zero-order chi connectivity index (χ0) is 13.4. The van der Waals surface area contributed by atoms with Gasteiger partial charge in [0, 0.05) is 29.3 Å². The second-order valence-electron chi connectivity index (χ2n) is 5.49. The van der Waals surface area contributed by atoms with Gasteiger partial charge in [-0.05, 0) is 33.6 Å². The third-order valence-electron chi connectivity index (χ3n) is 4.00. The van der Waals surface area contributed by atoms with E-state index in [-0.39, 0.29) is 0 Å². The average molecular weight is 296 g/mol. The molecule has 1 saturated heterocycles. The summed E-state index contributed by atoms with van der Waals surface area (Å²) in [4.78, 5) is 13.0. The van der Waals surface area contributed by atoms with Crippen LogP contribution in [0.1, 0.15) is 29.5 Å². The van der Waals surface area contributed by atoms with Gasteiger partial charge in [-0.25, -0.2) is 4.98 Å². The molecule has 2 aliphatic heterocycles. The third-order valence-corrected chi connectivity index (χ3v) is 5.32. The molecule has 1 fully saturated rings. The van der Waals surface area contributed by atoms with Gasteiger partial charge in [-0.15, -0.1) is 0 Å². The lowest BCUT2D eigenvalue weighted by Crippen LogP contribution is -2.32. The van der Waals surface area contributed by atoms with Crippen molar-refractivity contribution in [2.24, 2.45) is 0 Å². The van der Waals surface area contributed by atoms with Crippen molar-refractivity contribution in [3.8, 4) is 0 Å². The number of rotatable bonds is 1. The molecule has 0 aliphatic carbocycles. The highest BCUT2D eigenvalue weighted by molar-refractivity contribution is 7.98. The number of fused-ring (bicyclic) bond motifs is 1. The molecule has 4 nitrogen and oxygen atoms in total. The highest BCUT2D eigenvalue weighted by Gasteiger charge is 2.25. The molecule has 0 saturated carbocycles. The molecular weight excluding hydrogens is 276 g/mol. The maximum absolute atomic E-state index is 5.46. The van der Waals surface area contributed by atoms with Crippen molar-refractivity contribution in [2.45, 2.75) is 24.0 Å². The van der Waals surface area contributed by atoms with Crippen molar-refractivity contribution >= 4 is 24.0 Å². The smallest absolute Gasteiger partial charge is 0.134 e. The first-order valence-corrected chi connectivity index (χ1v) is 8.30. The van der Waals surface area contributed by atoms with Gasteiger partial charge in [-0.1, -0.05) is 12.2 Å². The Bertz CT molecular complexity index is 528. The SMILES string of the molecule is CN1CCCN(C)C(c2nc(=S)c3c([nH]2)CSC3)C1. The number of nitrogens with zero attached hydrogens (tertiary/aromatic N) is 3. The Morgan fingerprint density at radius 3 is 3.00 bits per heavy atom. The van der Waals surface area contributed by atoms with E-state index in [1.807, 2.05) is 11.8 Å². The van der Waals surface area contributed by atoms with E-state index in [0.717, 1.165) is 41.6 Å². The standard InChI is InChI=1S/C13H20N4S2/c1-16-4-3-5-17(2)11(6-16)12-14-10-8-19-7-9(10)13(18)15-12/h11H,3-8H2,1-2H3,(H,14,15,18). The summed E-state index contributed by atoms with van der Waals surface area (Å²) in [7, 11) is 4.37. The van der Waals surface area contributed by atoms with Gasteiger partial charge in [-0.2, -0.15) is 11.8 Å². The molecule has 2 aliphatic rings. The summed E-state index contributed by atoms with van der Waals surface area (Å²) in [6, 6.07) is 0.324. The number of likely N-dealkylation sites (N-methyl/N-ethyl adjacent to an activating group) is 2. The molecule has 1 aromatic heterocycles. The van der Waals surface area contributed by atoms with Crippen LogP contribution >= 0.6 is 24.0 Å². The van der Waals surface area contributed by atoms with Crippen molar-refractivity contribution in [1.82, 2.24) is 19.8 Å². The number of hydrogen-bond acceptors (Lipinski definition) is 5. The Hall–Kier alpha value is -0.430. The lowest BCUT2D eigenvalue weighted by Gasteiger charge is -2.26. The quantitative estimate of drug-likeness (QED) is 0.804. The number of nitrogens with one attached hydrogen (secondary N) is 1. The maximum atomic E-state index is 5.46. The minimum absolute atomic E-state index is 0.324. The lowest BCUT2D eigenvalue weighted by molar-refractivity contribution is 0.219. The first-order valence-electron chi connectivity index (χ1n) is 6.73. The lowest BCUT2D eigenvalue weighted by atomic mass is 10.2. The van der Waals surface area contributed by atoms with Crippen molar-refractivity contribution in [2.75, 3.05) is 33.7 Å². The minimum atomic E-state index is 0.324. The molecule has 1 unspecified atom stereocenters. The number of H-pyrrole nitrogens is 1. The molecule has 1 N–H and O–H groups in total. The molecule has 19 heavy (non-hydrogen) atoms. The van der Waals surface area contributed by atoms with Crippen LogP contribution in [0.25, 0.3) is 0 Å². The summed E-state index contributed by atoms with van der Waals surface area (Å²) in [5.74, 6) is 3.10. The van der Waals surface area contributed by atoms with Crippen LogP contribution in [0, 0.1) is 4.64 Å². The molecule has 0 spiro atoms. The van der Waals surface area contributed by atoms with E-state index in [2.05, 4.69) is 33.9 Å². The number of hydrogen-bond donors (Lipinski definition) is 1. The van der Waals surface area contributed by atoms with E-state index >= 15 is 0 Å². The van der Waals surface area contributed by atoms with Gasteiger partial charge in [0.15, 0.2) is 0 Å². The molecule has 0 amide bonds. The average Bonchev–Trinajstić information content (AvgIpc) is 2.77. The summed E-state index contributed by atoms with van der Waals surface area (Å²) in [5.41, 5.74) is 2.54. The normalized spacial score (nSPS) is 25.3. The zero-order valence-electron chi connectivity index (χ0n) is 11.5. The van der Waals surface area contributed by atoms with Crippen LogP contribution in [0.3, 0.4) is 0 Å². The molecule has 0 radical (unpaired) electrons. The molecule has 0 aromatic carbocycles. The van der Waals surface area contributed by atoms with Gasteiger partial charge < -0.3 is 9.88 Å². The number of aromatic nitrogens is 2. The van der Waals surface area contributed by atoms with E-state index in [0.29, 0.717) is 6.04 Å². The summed E-state index contributed by atoms with van der Waals surface area (Å²) in [5, 5.41) is 0. The van der Waals surface area contributed by atoms with E-state index in [1.165, 1.54) is 17.7 Å².